The maximum Gasteiger partial charge on any atom is 0.135 e. The van der Waals surface area contributed by atoms with E-state index in [1.54, 1.807) is 0 Å². The van der Waals surface area contributed by atoms with Gasteiger partial charge in [0.1, 0.15) is 11.3 Å². The van der Waals surface area contributed by atoms with Gasteiger partial charge in [0.2, 0.25) is 0 Å². The van der Waals surface area contributed by atoms with Gasteiger partial charge < -0.3 is 9.73 Å². The summed E-state index contributed by atoms with van der Waals surface area (Å²) in [5, 5.41) is 4.73. The van der Waals surface area contributed by atoms with Gasteiger partial charge in [-0.05, 0) is 56.3 Å². The Labute approximate surface area is 122 Å². The molecule has 1 N–H and O–H groups in total. The van der Waals surface area contributed by atoms with Gasteiger partial charge in [0.15, 0.2) is 0 Å². The van der Waals surface area contributed by atoms with Crippen LogP contribution < -0.4 is 5.32 Å². The average Bonchev–Trinajstić information content (AvgIpc) is 3.16. The molecule has 3 rings (SSSR count). The standard InChI is InChI=1S/C16H20BrNO/c1-4-18-8-13-15(11-5-6-11)14-10(3)16(17)9(2)7-12(14)19-13/h7,11,18H,4-6,8H2,1-3H3. The highest BCUT2D eigenvalue weighted by Crippen LogP contribution is 2.48. The summed E-state index contributed by atoms with van der Waals surface area (Å²) >= 11 is 3.71. The van der Waals surface area contributed by atoms with Gasteiger partial charge in [-0.2, -0.15) is 0 Å². The summed E-state index contributed by atoms with van der Waals surface area (Å²) in [6.45, 7) is 8.26. The van der Waals surface area contributed by atoms with E-state index in [9.17, 15) is 0 Å². The van der Waals surface area contributed by atoms with Crippen molar-refractivity contribution in [3.8, 4) is 0 Å². The molecule has 0 saturated heterocycles. The molecule has 2 nitrogen and oxygen atoms in total. The first-order valence-electron chi connectivity index (χ1n) is 7.05. The van der Waals surface area contributed by atoms with Crippen LogP contribution in [0.3, 0.4) is 0 Å². The second-order valence-electron chi connectivity index (χ2n) is 5.50. The van der Waals surface area contributed by atoms with Crippen LogP contribution >= 0.6 is 15.9 Å². The van der Waals surface area contributed by atoms with Crippen molar-refractivity contribution in [3.63, 3.8) is 0 Å². The number of rotatable bonds is 4. The second kappa shape index (κ2) is 4.95. The topological polar surface area (TPSA) is 25.2 Å². The highest BCUT2D eigenvalue weighted by molar-refractivity contribution is 9.10. The number of benzene rings is 1. The molecule has 0 spiro atoms. The Balaban J connectivity index is 2.21. The van der Waals surface area contributed by atoms with Crippen molar-refractivity contribution in [2.45, 2.75) is 46.1 Å². The van der Waals surface area contributed by atoms with Crippen LogP contribution in [-0.4, -0.2) is 6.54 Å². The number of hydrogen-bond donors (Lipinski definition) is 1. The maximum atomic E-state index is 6.14. The van der Waals surface area contributed by atoms with Crippen molar-refractivity contribution in [2.24, 2.45) is 0 Å². The lowest BCUT2D eigenvalue weighted by molar-refractivity contribution is 0.513. The molecular weight excluding hydrogens is 302 g/mol. The predicted octanol–water partition coefficient (Wildman–Crippen LogP) is 4.80. The highest BCUT2D eigenvalue weighted by atomic mass is 79.9. The van der Waals surface area contributed by atoms with Gasteiger partial charge in [-0.15, -0.1) is 0 Å². The molecule has 1 aliphatic rings. The summed E-state index contributed by atoms with van der Waals surface area (Å²) in [4.78, 5) is 0. The van der Waals surface area contributed by atoms with E-state index < -0.39 is 0 Å². The zero-order valence-electron chi connectivity index (χ0n) is 11.8. The van der Waals surface area contributed by atoms with Gasteiger partial charge >= 0.3 is 0 Å². The molecule has 0 aliphatic heterocycles. The maximum absolute atomic E-state index is 6.14. The van der Waals surface area contributed by atoms with Crippen molar-refractivity contribution in [3.05, 3.63) is 33.0 Å². The fraction of sp³-hybridized carbons (Fsp3) is 0.500. The lowest BCUT2D eigenvalue weighted by atomic mass is 10.0. The largest absolute Gasteiger partial charge is 0.459 e. The fourth-order valence-electron chi connectivity index (χ4n) is 2.84. The van der Waals surface area contributed by atoms with Crippen LogP contribution in [0.15, 0.2) is 15.0 Å². The summed E-state index contributed by atoms with van der Waals surface area (Å²) in [5.74, 6) is 1.85. The molecule has 19 heavy (non-hydrogen) atoms. The van der Waals surface area contributed by atoms with Crippen molar-refractivity contribution in [1.29, 1.82) is 0 Å². The zero-order chi connectivity index (χ0) is 13.6. The summed E-state index contributed by atoms with van der Waals surface area (Å²) in [7, 11) is 0. The third-order valence-corrected chi connectivity index (χ3v) is 5.19. The number of hydrogen-bond acceptors (Lipinski definition) is 2. The number of aryl methyl sites for hydroxylation is 2. The van der Waals surface area contributed by atoms with Crippen molar-refractivity contribution < 1.29 is 4.42 Å². The molecular formula is C16H20BrNO. The fourth-order valence-corrected chi connectivity index (χ4v) is 3.15. The summed E-state index contributed by atoms with van der Waals surface area (Å²) in [6.07, 6.45) is 2.61. The first-order chi connectivity index (χ1) is 9.13. The smallest absolute Gasteiger partial charge is 0.135 e. The van der Waals surface area contributed by atoms with Crippen LogP contribution in [0.4, 0.5) is 0 Å². The molecule has 1 saturated carbocycles. The average molecular weight is 322 g/mol. The molecule has 1 aromatic heterocycles. The van der Waals surface area contributed by atoms with Gasteiger partial charge in [-0.25, -0.2) is 0 Å². The quantitative estimate of drug-likeness (QED) is 0.875. The monoisotopic (exact) mass is 321 g/mol. The van der Waals surface area contributed by atoms with E-state index in [0.29, 0.717) is 5.92 Å². The summed E-state index contributed by atoms with van der Waals surface area (Å²) < 4.78 is 7.36. The molecule has 102 valence electrons. The first-order valence-corrected chi connectivity index (χ1v) is 7.84. The van der Waals surface area contributed by atoms with Crippen LogP contribution in [0.5, 0.6) is 0 Å². The van der Waals surface area contributed by atoms with Gasteiger partial charge in [0.25, 0.3) is 0 Å². The number of halogens is 1. The number of furan rings is 1. The molecule has 1 aromatic carbocycles. The van der Waals surface area contributed by atoms with E-state index >= 15 is 0 Å². The minimum Gasteiger partial charge on any atom is -0.459 e. The minimum absolute atomic E-state index is 0.711. The third kappa shape index (κ3) is 2.23. The molecule has 0 amide bonds. The van der Waals surface area contributed by atoms with E-state index in [-0.39, 0.29) is 0 Å². The molecule has 0 radical (unpaired) electrons. The van der Waals surface area contributed by atoms with Gasteiger partial charge in [-0.1, -0.05) is 22.9 Å². The third-order valence-electron chi connectivity index (χ3n) is 3.97. The lowest BCUT2D eigenvalue weighted by Gasteiger charge is -2.06. The molecule has 0 bridgehead atoms. The van der Waals surface area contributed by atoms with E-state index in [1.807, 2.05) is 0 Å². The van der Waals surface area contributed by atoms with E-state index in [2.05, 4.69) is 48.1 Å². The molecule has 2 aromatic rings. The number of nitrogens with one attached hydrogen (secondary N) is 1. The molecule has 0 atom stereocenters. The van der Waals surface area contributed by atoms with Gasteiger partial charge in [0, 0.05) is 15.4 Å². The Kier molecular flexibility index (Phi) is 3.44. The van der Waals surface area contributed by atoms with Crippen molar-refractivity contribution in [1.82, 2.24) is 5.32 Å². The zero-order valence-corrected chi connectivity index (χ0v) is 13.4. The van der Waals surface area contributed by atoms with Crippen LogP contribution in [0.1, 0.15) is 48.1 Å². The van der Waals surface area contributed by atoms with E-state index in [0.717, 1.165) is 24.4 Å². The van der Waals surface area contributed by atoms with Gasteiger partial charge in [-0.3, -0.25) is 0 Å². The normalized spacial score (nSPS) is 15.4. The van der Waals surface area contributed by atoms with E-state index in [1.165, 1.54) is 39.4 Å². The highest BCUT2D eigenvalue weighted by Gasteiger charge is 2.31. The number of fused-ring (bicyclic) bond motifs is 1. The van der Waals surface area contributed by atoms with Crippen LogP contribution in [-0.2, 0) is 6.54 Å². The first kappa shape index (κ1) is 13.2. The molecule has 3 heteroatoms. The summed E-state index contributed by atoms with van der Waals surface area (Å²) in [5.41, 5.74) is 5.07. The Bertz CT molecular complexity index is 625. The molecule has 1 heterocycles. The lowest BCUT2D eigenvalue weighted by Crippen LogP contribution is -2.12. The minimum atomic E-state index is 0.711. The van der Waals surface area contributed by atoms with Crippen molar-refractivity contribution in [2.75, 3.05) is 6.54 Å². The molecule has 0 unspecified atom stereocenters. The molecule has 1 fully saturated rings. The molecule has 1 aliphatic carbocycles. The predicted molar refractivity (Wildman–Crippen MR) is 82.7 cm³/mol. The van der Waals surface area contributed by atoms with Gasteiger partial charge in [0.05, 0.1) is 6.54 Å². The van der Waals surface area contributed by atoms with Crippen LogP contribution in [0, 0.1) is 13.8 Å². The Morgan fingerprint density at radius 1 is 1.37 bits per heavy atom. The Hall–Kier alpha value is -0.800. The Morgan fingerprint density at radius 3 is 2.74 bits per heavy atom. The van der Waals surface area contributed by atoms with E-state index in [4.69, 9.17) is 4.42 Å². The van der Waals surface area contributed by atoms with Crippen LogP contribution in [0.2, 0.25) is 0 Å². The summed E-state index contributed by atoms with van der Waals surface area (Å²) in [6, 6.07) is 2.16. The van der Waals surface area contributed by atoms with Crippen LogP contribution in [0.25, 0.3) is 11.0 Å². The SMILES string of the molecule is CCNCc1oc2cc(C)c(Br)c(C)c2c1C1CC1. The second-order valence-corrected chi connectivity index (χ2v) is 6.29. The Morgan fingerprint density at radius 2 is 2.11 bits per heavy atom. The van der Waals surface area contributed by atoms with Crippen molar-refractivity contribution >= 4 is 26.9 Å².